The van der Waals surface area contributed by atoms with E-state index in [1.54, 1.807) is 0 Å². The molecule has 0 aliphatic rings. The van der Waals surface area contributed by atoms with Crippen molar-refractivity contribution in [1.29, 1.82) is 0 Å². The maximum absolute atomic E-state index is 5.73. The first-order valence-corrected chi connectivity index (χ1v) is 7.17. The number of likely N-dealkylation sites (N-methyl/N-ethyl adjacent to an activating group) is 1. The molecule has 0 radical (unpaired) electrons. The molecule has 0 aliphatic heterocycles. The summed E-state index contributed by atoms with van der Waals surface area (Å²) in [5.41, 5.74) is 1.42. The van der Waals surface area contributed by atoms with Crippen molar-refractivity contribution < 1.29 is 4.74 Å². The molecular weight excluding hydrogens is 248 g/mol. The van der Waals surface area contributed by atoms with E-state index in [1.165, 1.54) is 5.56 Å². The maximum Gasteiger partial charge on any atom is 0.119 e. The van der Waals surface area contributed by atoms with Crippen LogP contribution in [0.5, 0.6) is 5.75 Å². The largest absolute Gasteiger partial charge is 0.492 e. The summed E-state index contributed by atoms with van der Waals surface area (Å²) in [5.74, 6) is 0.927. The molecule has 0 fully saturated rings. The zero-order valence-electron chi connectivity index (χ0n) is 13.3. The van der Waals surface area contributed by atoms with Gasteiger partial charge in [-0.3, -0.25) is 4.90 Å². The fourth-order valence-electron chi connectivity index (χ4n) is 1.70. The number of nitrogens with one attached hydrogen (secondary N) is 1. The standard InChI is InChI=1S/C17H28N2O/c1-6-11-19(5)12-13-20-16-9-7-15(8-10-16)14-18-17(2,3)4/h6-10,18H,1,11-14H2,2-5H3. The molecule has 1 aromatic rings. The Balaban J connectivity index is 2.33. The Morgan fingerprint density at radius 1 is 1.25 bits per heavy atom. The highest BCUT2D eigenvalue weighted by Gasteiger charge is 2.08. The van der Waals surface area contributed by atoms with E-state index in [2.05, 4.69) is 56.7 Å². The Labute approximate surface area is 123 Å². The van der Waals surface area contributed by atoms with Gasteiger partial charge in [0.15, 0.2) is 0 Å². The van der Waals surface area contributed by atoms with Gasteiger partial charge in [-0.15, -0.1) is 6.58 Å². The van der Waals surface area contributed by atoms with Crippen LogP contribution in [0, 0.1) is 0 Å². The maximum atomic E-state index is 5.73. The SMILES string of the molecule is C=CCN(C)CCOc1ccc(CNC(C)(C)C)cc1. The van der Waals surface area contributed by atoms with Gasteiger partial charge in [0, 0.05) is 25.2 Å². The van der Waals surface area contributed by atoms with Crippen LogP contribution in [0.25, 0.3) is 0 Å². The van der Waals surface area contributed by atoms with E-state index in [4.69, 9.17) is 4.74 Å². The summed E-state index contributed by atoms with van der Waals surface area (Å²) < 4.78 is 5.73. The van der Waals surface area contributed by atoms with Crippen molar-refractivity contribution >= 4 is 0 Å². The second kappa shape index (κ2) is 8.08. The van der Waals surface area contributed by atoms with Crippen LogP contribution in [0.1, 0.15) is 26.3 Å². The number of ether oxygens (including phenoxy) is 1. The summed E-state index contributed by atoms with van der Waals surface area (Å²) >= 11 is 0. The third-order valence-electron chi connectivity index (χ3n) is 2.93. The molecule has 0 saturated carbocycles. The number of hydrogen-bond acceptors (Lipinski definition) is 3. The van der Waals surface area contributed by atoms with Gasteiger partial charge in [-0.2, -0.15) is 0 Å². The predicted octanol–water partition coefficient (Wildman–Crippen LogP) is 3.07. The first-order valence-electron chi connectivity index (χ1n) is 7.17. The van der Waals surface area contributed by atoms with Crippen LogP contribution in [0.3, 0.4) is 0 Å². The highest BCUT2D eigenvalue weighted by atomic mass is 16.5. The summed E-state index contributed by atoms with van der Waals surface area (Å²) in [6, 6.07) is 8.30. The monoisotopic (exact) mass is 276 g/mol. The summed E-state index contributed by atoms with van der Waals surface area (Å²) in [5, 5.41) is 3.47. The molecule has 3 nitrogen and oxygen atoms in total. The van der Waals surface area contributed by atoms with Gasteiger partial charge in [-0.1, -0.05) is 18.2 Å². The molecule has 112 valence electrons. The lowest BCUT2D eigenvalue weighted by Crippen LogP contribution is -2.35. The molecule has 20 heavy (non-hydrogen) atoms. The van der Waals surface area contributed by atoms with Crippen molar-refractivity contribution in [1.82, 2.24) is 10.2 Å². The van der Waals surface area contributed by atoms with E-state index >= 15 is 0 Å². The number of benzene rings is 1. The minimum atomic E-state index is 0.144. The molecule has 0 aromatic heterocycles. The smallest absolute Gasteiger partial charge is 0.119 e. The van der Waals surface area contributed by atoms with Gasteiger partial charge >= 0.3 is 0 Å². The molecule has 0 saturated heterocycles. The van der Waals surface area contributed by atoms with Gasteiger partial charge in [0.2, 0.25) is 0 Å². The molecule has 0 heterocycles. The highest BCUT2D eigenvalue weighted by Crippen LogP contribution is 2.13. The average molecular weight is 276 g/mol. The van der Waals surface area contributed by atoms with Gasteiger partial charge in [0.25, 0.3) is 0 Å². The Morgan fingerprint density at radius 3 is 2.45 bits per heavy atom. The molecule has 0 aliphatic carbocycles. The lowest BCUT2D eigenvalue weighted by atomic mass is 10.1. The van der Waals surface area contributed by atoms with Gasteiger partial charge in [0.1, 0.15) is 12.4 Å². The van der Waals surface area contributed by atoms with Crippen LogP contribution in [0.4, 0.5) is 0 Å². The third kappa shape index (κ3) is 7.31. The van der Waals surface area contributed by atoms with Crippen LogP contribution in [0.15, 0.2) is 36.9 Å². The molecule has 0 bridgehead atoms. The average Bonchev–Trinajstić information content (AvgIpc) is 2.37. The molecule has 1 aromatic carbocycles. The number of nitrogens with zero attached hydrogens (tertiary/aromatic N) is 1. The second-order valence-corrected chi connectivity index (χ2v) is 6.15. The molecule has 0 spiro atoms. The van der Waals surface area contributed by atoms with Crippen molar-refractivity contribution in [3.8, 4) is 5.75 Å². The van der Waals surface area contributed by atoms with Crippen molar-refractivity contribution in [2.75, 3.05) is 26.7 Å². The van der Waals surface area contributed by atoms with Crippen molar-refractivity contribution in [2.45, 2.75) is 32.9 Å². The van der Waals surface area contributed by atoms with E-state index in [0.29, 0.717) is 6.61 Å². The van der Waals surface area contributed by atoms with E-state index in [0.717, 1.165) is 25.4 Å². The molecular formula is C17H28N2O. The minimum Gasteiger partial charge on any atom is -0.492 e. The number of hydrogen-bond donors (Lipinski definition) is 1. The van der Waals surface area contributed by atoms with Crippen LogP contribution in [-0.4, -0.2) is 37.2 Å². The fraction of sp³-hybridized carbons (Fsp3) is 0.529. The Morgan fingerprint density at radius 2 is 1.90 bits per heavy atom. The first-order chi connectivity index (χ1) is 9.40. The van der Waals surface area contributed by atoms with Crippen LogP contribution < -0.4 is 10.1 Å². The van der Waals surface area contributed by atoms with Crippen molar-refractivity contribution in [3.63, 3.8) is 0 Å². The molecule has 0 unspecified atom stereocenters. The van der Waals surface area contributed by atoms with Crippen molar-refractivity contribution in [3.05, 3.63) is 42.5 Å². The lowest BCUT2D eigenvalue weighted by molar-refractivity contribution is 0.249. The molecule has 3 heteroatoms. The van der Waals surface area contributed by atoms with Gasteiger partial charge < -0.3 is 10.1 Å². The van der Waals surface area contributed by atoms with E-state index in [1.807, 2.05) is 18.2 Å². The van der Waals surface area contributed by atoms with Gasteiger partial charge in [-0.05, 0) is 45.5 Å². The number of rotatable bonds is 8. The quantitative estimate of drug-likeness (QED) is 0.739. The molecule has 0 atom stereocenters. The first kappa shape index (κ1) is 16.7. The Bertz CT molecular complexity index is 392. The van der Waals surface area contributed by atoms with Gasteiger partial charge in [-0.25, -0.2) is 0 Å². The van der Waals surface area contributed by atoms with Crippen LogP contribution in [-0.2, 0) is 6.54 Å². The fourth-order valence-corrected chi connectivity index (χ4v) is 1.70. The van der Waals surface area contributed by atoms with Crippen molar-refractivity contribution in [2.24, 2.45) is 0 Å². The lowest BCUT2D eigenvalue weighted by Gasteiger charge is -2.20. The summed E-state index contributed by atoms with van der Waals surface area (Å²) in [7, 11) is 2.06. The summed E-state index contributed by atoms with van der Waals surface area (Å²) in [4.78, 5) is 2.18. The van der Waals surface area contributed by atoms with Crippen LogP contribution in [0.2, 0.25) is 0 Å². The Hall–Kier alpha value is -1.32. The topological polar surface area (TPSA) is 24.5 Å². The van der Waals surface area contributed by atoms with E-state index in [9.17, 15) is 0 Å². The highest BCUT2D eigenvalue weighted by molar-refractivity contribution is 5.27. The zero-order valence-corrected chi connectivity index (χ0v) is 13.3. The zero-order chi connectivity index (χ0) is 15.0. The Kier molecular flexibility index (Phi) is 6.76. The van der Waals surface area contributed by atoms with Crippen LogP contribution >= 0.6 is 0 Å². The molecule has 1 rings (SSSR count). The van der Waals surface area contributed by atoms with E-state index < -0.39 is 0 Å². The third-order valence-corrected chi connectivity index (χ3v) is 2.93. The predicted molar refractivity (Wildman–Crippen MR) is 86.2 cm³/mol. The van der Waals surface area contributed by atoms with E-state index in [-0.39, 0.29) is 5.54 Å². The summed E-state index contributed by atoms with van der Waals surface area (Å²) in [6.45, 7) is 13.6. The summed E-state index contributed by atoms with van der Waals surface area (Å²) in [6.07, 6.45) is 1.90. The normalized spacial score (nSPS) is 11.7. The van der Waals surface area contributed by atoms with Gasteiger partial charge in [0.05, 0.1) is 0 Å². The molecule has 1 N–H and O–H groups in total. The second-order valence-electron chi connectivity index (χ2n) is 6.15. The molecule has 0 amide bonds. The minimum absolute atomic E-state index is 0.144.